The van der Waals surface area contributed by atoms with E-state index in [2.05, 4.69) is 118 Å². The second kappa shape index (κ2) is 9.17. The van der Waals surface area contributed by atoms with Gasteiger partial charge >= 0.3 is 0 Å². The van der Waals surface area contributed by atoms with Crippen molar-refractivity contribution in [1.82, 2.24) is 0 Å². The SMILES string of the molecule is CC1=Cc2c(-c3ccccc3)cccc2C1[Si](C)(C)C1C(C)=C(Cl)c2c1ccc(Cl)c2-c1ccccc1. The first-order chi connectivity index (χ1) is 17.8. The number of benzene rings is 4. The normalized spacial score (nSPS) is 18.6. The first-order valence-electron chi connectivity index (χ1n) is 12.9. The Morgan fingerprint density at radius 3 is 1.95 bits per heavy atom. The monoisotopic (exact) mass is 536 g/mol. The van der Waals surface area contributed by atoms with Gasteiger partial charge in [-0.1, -0.05) is 133 Å². The molecule has 0 heterocycles. The lowest BCUT2D eigenvalue weighted by Crippen LogP contribution is -2.42. The minimum atomic E-state index is -2.03. The van der Waals surface area contributed by atoms with Gasteiger partial charge in [-0.3, -0.25) is 0 Å². The summed E-state index contributed by atoms with van der Waals surface area (Å²) in [6.07, 6.45) is 2.44. The highest BCUT2D eigenvalue weighted by Gasteiger charge is 2.48. The van der Waals surface area contributed by atoms with Crippen molar-refractivity contribution >= 4 is 42.4 Å². The number of fused-ring (bicyclic) bond motifs is 2. The van der Waals surface area contributed by atoms with Crippen LogP contribution in [0, 0.1) is 0 Å². The minimum Gasteiger partial charge on any atom is -0.0837 e. The molecular weight excluding hydrogens is 507 g/mol. The lowest BCUT2D eigenvalue weighted by molar-refractivity contribution is 0.968. The Morgan fingerprint density at radius 2 is 1.27 bits per heavy atom. The van der Waals surface area contributed by atoms with Gasteiger partial charge in [-0.25, -0.2) is 0 Å². The van der Waals surface area contributed by atoms with E-state index < -0.39 is 8.07 Å². The lowest BCUT2D eigenvalue weighted by atomic mass is 9.97. The van der Waals surface area contributed by atoms with E-state index in [1.807, 2.05) is 6.07 Å². The van der Waals surface area contributed by atoms with Crippen molar-refractivity contribution in [3.8, 4) is 22.3 Å². The second-order valence-corrected chi connectivity index (χ2v) is 16.6. The van der Waals surface area contributed by atoms with E-state index in [1.165, 1.54) is 39.0 Å². The summed E-state index contributed by atoms with van der Waals surface area (Å²) in [5, 5.41) is 1.63. The molecule has 184 valence electrons. The Bertz CT molecular complexity index is 1580. The number of hydrogen-bond donors (Lipinski definition) is 0. The quantitative estimate of drug-likeness (QED) is 0.227. The molecule has 3 heteroatoms. The van der Waals surface area contributed by atoms with Gasteiger partial charge in [0, 0.05) is 32.3 Å². The number of allylic oxidation sites excluding steroid dienone is 2. The van der Waals surface area contributed by atoms with Gasteiger partial charge < -0.3 is 0 Å². The zero-order valence-electron chi connectivity index (χ0n) is 21.6. The van der Waals surface area contributed by atoms with Crippen molar-refractivity contribution in [1.29, 1.82) is 0 Å². The van der Waals surface area contributed by atoms with Crippen molar-refractivity contribution in [2.24, 2.45) is 0 Å². The average molecular weight is 538 g/mol. The molecule has 0 saturated heterocycles. The van der Waals surface area contributed by atoms with Crippen LogP contribution in [0.3, 0.4) is 0 Å². The van der Waals surface area contributed by atoms with Crippen LogP contribution in [0.25, 0.3) is 33.4 Å². The van der Waals surface area contributed by atoms with Gasteiger partial charge in [0.05, 0.1) is 8.07 Å². The maximum atomic E-state index is 7.20. The van der Waals surface area contributed by atoms with E-state index in [9.17, 15) is 0 Å². The van der Waals surface area contributed by atoms with Gasteiger partial charge in [0.15, 0.2) is 0 Å². The van der Waals surface area contributed by atoms with Gasteiger partial charge in [-0.05, 0) is 58.9 Å². The molecule has 0 nitrogen and oxygen atoms in total. The maximum absolute atomic E-state index is 7.20. The van der Waals surface area contributed by atoms with Crippen LogP contribution in [0.1, 0.15) is 47.2 Å². The third-order valence-corrected chi connectivity index (χ3v) is 13.7. The highest BCUT2D eigenvalue weighted by atomic mass is 35.5. The van der Waals surface area contributed by atoms with Gasteiger partial charge in [-0.2, -0.15) is 0 Å². The predicted molar refractivity (Wildman–Crippen MR) is 164 cm³/mol. The van der Waals surface area contributed by atoms with Gasteiger partial charge in [-0.15, -0.1) is 0 Å². The molecule has 0 aliphatic heterocycles. The van der Waals surface area contributed by atoms with E-state index in [1.54, 1.807) is 0 Å². The molecule has 37 heavy (non-hydrogen) atoms. The summed E-state index contributed by atoms with van der Waals surface area (Å²) in [5.41, 5.74) is 13.5. The van der Waals surface area contributed by atoms with Gasteiger partial charge in [0.1, 0.15) is 0 Å². The molecule has 0 spiro atoms. The van der Waals surface area contributed by atoms with Crippen LogP contribution in [0.4, 0.5) is 0 Å². The highest BCUT2D eigenvalue weighted by Crippen LogP contribution is 2.57. The first kappa shape index (κ1) is 24.5. The maximum Gasteiger partial charge on any atom is 0.0722 e. The Balaban J connectivity index is 1.50. The van der Waals surface area contributed by atoms with E-state index in [0.29, 0.717) is 11.1 Å². The van der Waals surface area contributed by atoms with E-state index in [0.717, 1.165) is 26.7 Å². The van der Waals surface area contributed by atoms with Crippen LogP contribution in [0.2, 0.25) is 18.1 Å². The van der Waals surface area contributed by atoms with Crippen LogP contribution in [-0.4, -0.2) is 8.07 Å². The lowest BCUT2D eigenvalue weighted by Gasteiger charge is -2.39. The molecule has 0 amide bonds. The molecule has 4 aromatic rings. The molecule has 0 N–H and O–H groups in total. The predicted octanol–water partition coefficient (Wildman–Crippen LogP) is 10.7. The van der Waals surface area contributed by atoms with Crippen LogP contribution in [0.5, 0.6) is 0 Å². The van der Waals surface area contributed by atoms with Crippen LogP contribution in [0.15, 0.2) is 102 Å². The molecule has 2 atom stereocenters. The van der Waals surface area contributed by atoms with E-state index >= 15 is 0 Å². The Hall–Kier alpha value is -2.84. The molecular formula is C34H30Cl2Si. The third kappa shape index (κ3) is 3.79. The summed E-state index contributed by atoms with van der Waals surface area (Å²) in [5.74, 6) is 0. The van der Waals surface area contributed by atoms with Crippen molar-refractivity contribution in [2.45, 2.75) is 38.0 Å². The van der Waals surface area contributed by atoms with Crippen LogP contribution >= 0.6 is 23.2 Å². The number of hydrogen-bond acceptors (Lipinski definition) is 0. The molecule has 0 fully saturated rings. The fourth-order valence-electron chi connectivity index (χ4n) is 7.05. The molecule has 2 aliphatic rings. The van der Waals surface area contributed by atoms with Crippen molar-refractivity contribution < 1.29 is 0 Å². The standard InChI is InChI=1S/C34H30Cl2Si/c1-21-20-28-25(23-12-7-5-8-13-23)16-11-17-26(28)33(21)37(3,4)34-22(2)32(36)31-27(34)18-19-29(35)30(31)24-14-9-6-10-15-24/h5-20,33-34H,1-4H3. The van der Waals surface area contributed by atoms with Crippen molar-refractivity contribution in [3.63, 3.8) is 0 Å². The Labute approximate surface area is 231 Å². The van der Waals surface area contributed by atoms with Gasteiger partial charge in [0.25, 0.3) is 0 Å². The zero-order chi connectivity index (χ0) is 25.9. The van der Waals surface area contributed by atoms with Crippen LogP contribution in [-0.2, 0) is 0 Å². The number of rotatable bonds is 4. The van der Waals surface area contributed by atoms with E-state index in [4.69, 9.17) is 23.2 Å². The largest absolute Gasteiger partial charge is 0.0837 e. The topological polar surface area (TPSA) is 0 Å². The van der Waals surface area contributed by atoms with Crippen LogP contribution < -0.4 is 0 Å². The fraction of sp³-hybridized carbons (Fsp3) is 0.176. The van der Waals surface area contributed by atoms with Gasteiger partial charge in [0.2, 0.25) is 0 Å². The molecule has 0 saturated carbocycles. The summed E-state index contributed by atoms with van der Waals surface area (Å²) >= 11 is 14.0. The molecule has 0 aromatic heterocycles. The summed E-state index contributed by atoms with van der Waals surface area (Å²) in [6, 6.07) is 32.3. The summed E-state index contributed by atoms with van der Waals surface area (Å²) in [4.78, 5) is 0. The smallest absolute Gasteiger partial charge is 0.0722 e. The van der Waals surface area contributed by atoms with E-state index in [-0.39, 0.29) is 0 Å². The number of halogens is 2. The van der Waals surface area contributed by atoms with Crippen molar-refractivity contribution in [3.05, 3.63) is 129 Å². The molecule has 2 aliphatic carbocycles. The highest BCUT2D eigenvalue weighted by molar-refractivity contribution is 6.82. The molecule has 2 unspecified atom stereocenters. The average Bonchev–Trinajstić information content (AvgIpc) is 3.38. The van der Waals surface area contributed by atoms with Crippen molar-refractivity contribution in [2.75, 3.05) is 0 Å². The summed E-state index contributed by atoms with van der Waals surface area (Å²) < 4.78 is 0. The first-order valence-corrected chi connectivity index (χ1v) is 16.8. The summed E-state index contributed by atoms with van der Waals surface area (Å²) in [6.45, 7) is 9.65. The zero-order valence-corrected chi connectivity index (χ0v) is 24.2. The summed E-state index contributed by atoms with van der Waals surface area (Å²) in [7, 11) is -2.03. The molecule has 0 bridgehead atoms. The second-order valence-electron chi connectivity index (χ2n) is 11.0. The minimum absolute atomic E-state index is 0.314. The third-order valence-electron chi connectivity index (χ3n) is 8.41. The fourth-order valence-corrected chi connectivity index (χ4v) is 12.7. The molecule has 4 aromatic carbocycles. The Morgan fingerprint density at radius 1 is 0.622 bits per heavy atom. The Kier molecular flexibility index (Phi) is 6.07. The molecule has 0 radical (unpaired) electrons. The molecule has 6 rings (SSSR count).